The first kappa shape index (κ1) is 20.8. The summed E-state index contributed by atoms with van der Waals surface area (Å²) >= 11 is 0. The zero-order valence-corrected chi connectivity index (χ0v) is 17.3. The second-order valence-corrected chi connectivity index (χ2v) is 7.13. The first-order valence-electron chi connectivity index (χ1n) is 10.3. The minimum Gasteiger partial charge on any atom is -0.341 e. The highest BCUT2D eigenvalue weighted by Crippen LogP contribution is 2.21. The number of aryl methyl sites for hydroxylation is 1. The zero-order chi connectivity index (χ0) is 20.5. The molecule has 0 radical (unpaired) electrons. The molecule has 29 heavy (non-hydrogen) atoms. The molecule has 0 amide bonds. The number of unbranched alkanes of at least 4 members (excludes halogenated alkanes) is 1. The average molecular weight is 391 g/mol. The van der Waals surface area contributed by atoms with Crippen LogP contribution in [0.5, 0.6) is 0 Å². The Balaban J connectivity index is 1.64. The van der Waals surface area contributed by atoms with E-state index in [0.29, 0.717) is 0 Å². The summed E-state index contributed by atoms with van der Waals surface area (Å²) < 4.78 is 0. The van der Waals surface area contributed by atoms with Crippen molar-refractivity contribution in [1.82, 2.24) is 25.3 Å². The lowest BCUT2D eigenvalue weighted by Gasteiger charge is -2.11. The van der Waals surface area contributed by atoms with E-state index in [1.807, 2.05) is 25.4 Å². The quantitative estimate of drug-likeness (QED) is 0.332. The fraction of sp³-hybridized carbons (Fsp3) is 0.391. The van der Waals surface area contributed by atoms with Gasteiger partial charge in [0, 0.05) is 12.0 Å². The third kappa shape index (κ3) is 5.80. The molecule has 0 aliphatic rings. The van der Waals surface area contributed by atoms with Crippen LogP contribution in [0.4, 0.5) is 0 Å². The van der Waals surface area contributed by atoms with Crippen molar-refractivity contribution in [3.05, 3.63) is 59.6 Å². The molecule has 0 aliphatic carbocycles. The van der Waals surface area contributed by atoms with Gasteiger partial charge in [-0.3, -0.25) is 0 Å². The highest BCUT2D eigenvalue weighted by atomic mass is 15.0. The Hall–Kier alpha value is -2.88. The van der Waals surface area contributed by atoms with E-state index in [9.17, 15) is 0 Å². The Morgan fingerprint density at radius 1 is 1.07 bits per heavy atom. The van der Waals surface area contributed by atoms with Crippen molar-refractivity contribution in [2.24, 2.45) is 5.73 Å². The van der Waals surface area contributed by atoms with E-state index in [1.54, 1.807) is 6.20 Å². The van der Waals surface area contributed by atoms with Crippen LogP contribution in [0.15, 0.2) is 36.7 Å². The van der Waals surface area contributed by atoms with E-state index < -0.39 is 0 Å². The summed E-state index contributed by atoms with van der Waals surface area (Å²) in [5, 5.41) is 3.32. The SMILES string of the molecule is CCCC(NC)c1ncc(-c2ccc(C#Cc3cnc(CCCCN)[nH]3)cc2)[nH]1. The lowest BCUT2D eigenvalue weighted by atomic mass is 10.1. The Morgan fingerprint density at radius 3 is 2.62 bits per heavy atom. The predicted molar refractivity (Wildman–Crippen MR) is 117 cm³/mol. The molecule has 3 aromatic rings. The normalized spacial score (nSPS) is 11.8. The number of benzene rings is 1. The monoisotopic (exact) mass is 390 g/mol. The number of hydrogen-bond donors (Lipinski definition) is 4. The minimum atomic E-state index is 0.258. The molecule has 1 unspecified atom stereocenters. The Bertz CT molecular complexity index is 942. The fourth-order valence-corrected chi connectivity index (χ4v) is 3.23. The maximum Gasteiger partial charge on any atom is 0.123 e. The van der Waals surface area contributed by atoms with E-state index in [0.717, 1.165) is 72.8 Å². The van der Waals surface area contributed by atoms with Gasteiger partial charge in [-0.1, -0.05) is 31.4 Å². The molecule has 3 rings (SSSR count). The van der Waals surface area contributed by atoms with Crippen LogP contribution in [0.1, 0.15) is 61.6 Å². The number of nitrogens with one attached hydrogen (secondary N) is 3. The van der Waals surface area contributed by atoms with Crippen LogP contribution in [0.25, 0.3) is 11.3 Å². The molecule has 0 aliphatic heterocycles. The Kier molecular flexibility index (Phi) is 7.62. The van der Waals surface area contributed by atoms with Crippen LogP contribution >= 0.6 is 0 Å². The van der Waals surface area contributed by atoms with Gasteiger partial charge in [-0.15, -0.1) is 0 Å². The molecule has 2 aromatic heterocycles. The van der Waals surface area contributed by atoms with Gasteiger partial charge in [0.15, 0.2) is 0 Å². The van der Waals surface area contributed by atoms with E-state index in [4.69, 9.17) is 5.73 Å². The number of nitrogens with zero attached hydrogens (tertiary/aromatic N) is 2. The third-order valence-electron chi connectivity index (χ3n) is 4.88. The van der Waals surface area contributed by atoms with Crippen LogP contribution in [0, 0.1) is 11.8 Å². The van der Waals surface area contributed by atoms with E-state index in [1.165, 1.54) is 0 Å². The lowest BCUT2D eigenvalue weighted by Crippen LogP contribution is -2.17. The van der Waals surface area contributed by atoms with Gasteiger partial charge in [-0.2, -0.15) is 0 Å². The summed E-state index contributed by atoms with van der Waals surface area (Å²) in [5.74, 6) is 8.29. The summed E-state index contributed by atoms with van der Waals surface area (Å²) in [6.45, 7) is 2.90. The number of nitrogens with two attached hydrogens (primary N) is 1. The molecule has 2 heterocycles. The van der Waals surface area contributed by atoms with Gasteiger partial charge in [0.05, 0.1) is 24.1 Å². The second kappa shape index (κ2) is 10.6. The van der Waals surface area contributed by atoms with Crippen molar-refractivity contribution >= 4 is 0 Å². The van der Waals surface area contributed by atoms with Crippen molar-refractivity contribution in [3.8, 4) is 23.1 Å². The highest BCUT2D eigenvalue weighted by Gasteiger charge is 2.12. The number of aromatic nitrogens is 4. The van der Waals surface area contributed by atoms with Gasteiger partial charge < -0.3 is 21.0 Å². The van der Waals surface area contributed by atoms with Crippen molar-refractivity contribution in [1.29, 1.82) is 0 Å². The van der Waals surface area contributed by atoms with Crippen molar-refractivity contribution < 1.29 is 0 Å². The summed E-state index contributed by atoms with van der Waals surface area (Å²) in [6, 6.07) is 8.46. The van der Waals surface area contributed by atoms with Crippen molar-refractivity contribution in [2.75, 3.05) is 13.6 Å². The summed E-state index contributed by atoms with van der Waals surface area (Å²) in [5.41, 5.74) is 9.45. The maximum atomic E-state index is 5.53. The van der Waals surface area contributed by atoms with Crippen molar-refractivity contribution in [2.45, 2.75) is 45.1 Å². The van der Waals surface area contributed by atoms with Crippen LogP contribution in [-0.2, 0) is 6.42 Å². The highest BCUT2D eigenvalue weighted by molar-refractivity contribution is 5.60. The number of imidazole rings is 2. The molecular weight excluding hydrogens is 360 g/mol. The number of rotatable bonds is 9. The largest absolute Gasteiger partial charge is 0.341 e. The number of H-pyrrole nitrogens is 2. The van der Waals surface area contributed by atoms with Crippen LogP contribution in [0.2, 0.25) is 0 Å². The Morgan fingerprint density at radius 2 is 1.90 bits per heavy atom. The molecule has 152 valence electrons. The number of aromatic amines is 2. The maximum absolute atomic E-state index is 5.53. The topological polar surface area (TPSA) is 95.4 Å². The van der Waals surface area contributed by atoms with Crippen LogP contribution in [0.3, 0.4) is 0 Å². The molecule has 6 nitrogen and oxygen atoms in total. The van der Waals surface area contributed by atoms with E-state index >= 15 is 0 Å². The lowest BCUT2D eigenvalue weighted by molar-refractivity contribution is 0.518. The molecule has 0 saturated carbocycles. The summed E-state index contributed by atoms with van der Waals surface area (Å²) in [6.07, 6.45) is 8.82. The average Bonchev–Trinajstić information content (AvgIpc) is 3.41. The second-order valence-electron chi connectivity index (χ2n) is 7.13. The van der Waals surface area contributed by atoms with Crippen LogP contribution in [-0.4, -0.2) is 33.5 Å². The molecule has 0 saturated heterocycles. The van der Waals surface area contributed by atoms with Crippen molar-refractivity contribution in [3.63, 3.8) is 0 Å². The number of hydrogen-bond acceptors (Lipinski definition) is 4. The molecule has 1 atom stereocenters. The molecule has 6 heteroatoms. The molecule has 5 N–H and O–H groups in total. The minimum absolute atomic E-state index is 0.258. The van der Waals surface area contributed by atoms with Gasteiger partial charge in [0.1, 0.15) is 17.3 Å². The molecule has 0 bridgehead atoms. The van der Waals surface area contributed by atoms with E-state index in [2.05, 4.69) is 56.2 Å². The smallest absolute Gasteiger partial charge is 0.123 e. The predicted octanol–water partition coefficient (Wildman–Crippen LogP) is 3.54. The van der Waals surface area contributed by atoms with E-state index in [-0.39, 0.29) is 6.04 Å². The molecule has 0 fully saturated rings. The molecule has 0 spiro atoms. The molecule has 1 aromatic carbocycles. The Labute approximate surface area is 172 Å². The van der Waals surface area contributed by atoms with Gasteiger partial charge in [-0.25, -0.2) is 9.97 Å². The fourth-order valence-electron chi connectivity index (χ4n) is 3.23. The van der Waals surface area contributed by atoms with Crippen LogP contribution < -0.4 is 11.1 Å². The van der Waals surface area contributed by atoms with Gasteiger partial charge in [-0.05, 0) is 56.5 Å². The summed E-state index contributed by atoms with van der Waals surface area (Å²) in [4.78, 5) is 15.6. The third-order valence-corrected chi connectivity index (χ3v) is 4.88. The summed E-state index contributed by atoms with van der Waals surface area (Å²) in [7, 11) is 1.97. The van der Waals surface area contributed by atoms with Gasteiger partial charge >= 0.3 is 0 Å². The zero-order valence-electron chi connectivity index (χ0n) is 17.3. The first-order chi connectivity index (χ1) is 14.2. The van der Waals surface area contributed by atoms with Gasteiger partial charge in [0.2, 0.25) is 0 Å². The van der Waals surface area contributed by atoms with Gasteiger partial charge in [0.25, 0.3) is 0 Å². The first-order valence-corrected chi connectivity index (χ1v) is 10.3. The standard InChI is InChI=1S/C23H30N6/c1-3-6-20(25-2)23-27-16-21(29-23)18-11-8-17(9-12-18)10-13-19-15-26-22(28-19)7-4-5-14-24/h8-9,11-12,15-16,20,25H,3-7,14,24H2,1-2H3,(H,26,28)(H,27,29). The molecular formula is C23H30N6.